The Morgan fingerprint density at radius 3 is 2.57 bits per heavy atom. The number of benzene rings is 3. The number of fused-ring (bicyclic) bond motifs is 1. The standard InChI is InChI=1S/C27H19ClN2O4S/c1-2-14-34-19-11-8-16(9-12-19)23-22(24(31)17-6-4-3-5-7-17)25(32)26(33)30(23)27-29-20-13-10-18(28)15-21(20)35-27/h2-13,15,23,31H,1,14H2. The largest absolute Gasteiger partial charge is 0.507 e. The summed E-state index contributed by atoms with van der Waals surface area (Å²) in [6, 6.07) is 20.1. The van der Waals surface area contributed by atoms with E-state index in [9.17, 15) is 14.7 Å². The Morgan fingerprint density at radius 2 is 1.86 bits per heavy atom. The van der Waals surface area contributed by atoms with Gasteiger partial charge < -0.3 is 9.84 Å². The molecule has 3 aromatic carbocycles. The molecule has 0 radical (unpaired) electrons. The number of hydrogen-bond donors (Lipinski definition) is 1. The van der Waals surface area contributed by atoms with E-state index in [0.29, 0.717) is 39.2 Å². The molecule has 0 saturated carbocycles. The number of halogens is 1. The number of carbonyl (C=O) groups excluding carboxylic acids is 2. The summed E-state index contributed by atoms with van der Waals surface area (Å²) in [6.07, 6.45) is 1.64. The third kappa shape index (κ3) is 4.20. The highest BCUT2D eigenvalue weighted by atomic mass is 35.5. The predicted molar refractivity (Wildman–Crippen MR) is 138 cm³/mol. The summed E-state index contributed by atoms with van der Waals surface area (Å²) in [4.78, 5) is 32.5. The fourth-order valence-corrected chi connectivity index (χ4v) is 5.26. The summed E-state index contributed by atoms with van der Waals surface area (Å²) < 4.78 is 6.35. The van der Waals surface area contributed by atoms with E-state index in [2.05, 4.69) is 11.6 Å². The molecular formula is C27H19ClN2O4S. The molecular weight excluding hydrogens is 484 g/mol. The number of aliphatic hydroxyl groups excluding tert-OH is 1. The fraction of sp³-hybridized carbons (Fsp3) is 0.0741. The normalized spacial score (nSPS) is 17.2. The van der Waals surface area contributed by atoms with Gasteiger partial charge in [0, 0.05) is 10.6 Å². The summed E-state index contributed by atoms with van der Waals surface area (Å²) in [5.74, 6) is -1.17. The second kappa shape index (κ2) is 9.37. The van der Waals surface area contributed by atoms with Gasteiger partial charge in [0.05, 0.1) is 21.8 Å². The van der Waals surface area contributed by atoms with E-state index in [4.69, 9.17) is 16.3 Å². The number of ketones is 1. The maximum absolute atomic E-state index is 13.3. The van der Waals surface area contributed by atoms with Crippen LogP contribution < -0.4 is 9.64 Å². The molecule has 0 aliphatic carbocycles. The summed E-state index contributed by atoms with van der Waals surface area (Å²) in [7, 11) is 0. The minimum atomic E-state index is -0.875. The molecule has 174 valence electrons. The van der Waals surface area contributed by atoms with Crippen LogP contribution in [0.3, 0.4) is 0 Å². The summed E-state index contributed by atoms with van der Waals surface area (Å²) in [6.45, 7) is 3.99. The highest BCUT2D eigenvalue weighted by Crippen LogP contribution is 2.44. The van der Waals surface area contributed by atoms with Crippen LogP contribution in [0.5, 0.6) is 5.75 Å². The van der Waals surface area contributed by atoms with Crippen molar-refractivity contribution in [3.8, 4) is 5.75 Å². The minimum absolute atomic E-state index is 0.00162. The number of amides is 1. The lowest BCUT2D eigenvalue weighted by atomic mass is 9.95. The Balaban J connectivity index is 1.68. The number of ether oxygens (including phenoxy) is 1. The van der Waals surface area contributed by atoms with E-state index in [1.807, 2.05) is 0 Å². The topological polar surface area (TPSA) is 79.7 Å². The summed E-state index contributed by atoms with van der Waals surface area (Å²) >= 11 is 7.39. The van der Waals surface area contributed by atoms with Gasteiger partial charge in [0.25, 0.3) is 5.78 Å². The molecule has 1 atom stereocenters. The second-order valence-corrected chi connectivity index (χ2v) is 9.26. The number of anilines is 1. The Labute approximate surface area is 210 Å². The van der Waals surface area contributed by atoms with Crippen molar-refractivity contribution in [1.82, 2.24) is 4.98 Å². The fourth-order valence-electron chi connectivity index (χ4n) is 3.99. The average molecular weight is 503 g/mol. The maximum Gasteiger partial charge on any atom is 0.301 e. The highest BCUT2D eigenvalue weighted by Gasteiger charge is 2.48. The van der Waals surface area contributed by atoms with E-state index in [1.54, 1.807) is 78.9 Å². The van der Waals surface area contributed by atoms with Gasteiger partial charge in [0.15, 0.2) is 5.13 Å². The number of nitrogens with zero attached hydrogens (tertiary/aromatic N) is 2. The van der Waals surface area contributed by atoms with E-state index in [1.165, 1.54) is 16.2 Å². The van der Waals surface area contributed by atoms with Gasteiger partial charge in [-0.15, -0.1) is 0 Å². The first kappa shape index (κ1) is 22.8. The van der Waals surface area contributed by atoms with Crippen molar-refractivity contribution < 1.29 is 19.4 Å². The molecule has 5 rings (SSSR count). The molecule has 1 N–H and O–H groups in total. The van der Waals surface area contributed by atoms with Crippen LogP contribution in [0.25, 0.3) is 16.0 Å². The number of aromatic nitrogens is 1. The molecule has 1 unspecified atom stereocenters. The molecule has 1 aliphatic heterocycles. The van der Waals surface area contributed by atoms with Crippen LogP contribution in [0.2, 0.25) is 5.02 Å². The average Bonchev–Trinajstić information content (AvgIpc) is 3.40. The van der Waals surface area contributed by atoms with Crippen LogP contribution in [0.4, 0.5) is 5.13 Å². The van der Waals surface area contributed by atoms with Gasteiger partial charge in [-0.3, -0.25) is 14.5 Å². The van der Waals surface area contributed by atoms with Crippen LogP contribution in [-0.2, 0) is 9.59 Å². The van der Waals surface area contributed by atoms with Gasteiger partial charge >= 0.3 is 5.91 Å². The van der Waals surface area contributed by atoms with Crippen LogP contribution in [0.15, 0.2) is 91.0 Å². The molecule has 1 fully saturated rings. The Bertz CT molecular complexity index is 1480. The van der Waals surface area contributed by atoms with Gasteiger partial charge in [-0.05, 0) is 35.9 Å². The monoisotopic (exact) mass is 502 g/mol. The third-order valence-corrected chi connectivity index (χ3v) is 6.85. The highest BCUT2D eigenvalue weighted by molar-refractivity contribution is 7.22. The first-order valence-corrected chi connectivity index (χ1v) is 11.9. The molecule has 1 saturated heterocycles. The number of carbonyl (C=O) groups is 2. The van der Waals surface area contributed by atoms with Gasteiger partial charge in [0.1, 0.15) is 18.1 Å². The second-order valence-electron chi connectivity index (χ2n) is 7.81. The Morgan fingerprint density at radius 1 is 1.11 bits per heavy atom. The first-order chi connectivity index (χ1) is 17.0. The van der Waals surface area contributed by atoms with Crippen molar-refractivity contribution in [3.63, 3.8) is 0 Å². The molecule has 35 heavy (non-hydrogen) atoms. The molecule has 0 spiro atoms. The van der Waals surface area contributed by atoms with Crippen LogP contribution in [0, 0.1) is 0 Å². The van der Waals surface area contributed by atoms with Crippen molar-refractivity contribution in [2.24, 2.45) is 0 Å². The number of aliphatic hydroxyl groups is 1. The molecule has 0 bridgehead atoms. The molecule has 1 amide bonds. The van der Waals surface area contributed by atoms with Gasteiger partial charge in [-0.25, -0.2) is 4.98 Å². The molecule has 8 heteroatoms. The van der Waals surface area contributed by atoms with Crippen molar-refractivity contribution in [2.75, 3.05) is 11.5 Å². The molecule has 1 aromatic heterocycles. The molecule has 4 aromatic rings. The lowest BCUT2D eigenvalue weighted by molar-refractivity contribution is -0.132. The van der Waals surface area contributed by atoms with Crippen molar-refractivity contribution in [2.45, 2.75) is 6.04 Å². The third-order valence-electron chi connectivity index (χ3n) is 5.60. The predicted octanol–water partition coefficient (Wildman–Crippen LogP) is 6.14. The zero-order valence-electron chi connectivity index (χ0n) is 18.3. The van der Waals surface area contributed by atoms with Gasteiger partial charge in [0.2, 0.25) is 0 Å². The first-order valence-electron chi connectivity index (χ1n) is 10.7. The lowest BCUT2D eigenvalue weighted by Gasteiger charge is -2.23. The lowest BCUT2D eigenvalue weighted by Crippen LogP contribution is -2.29. The number of rotatable bonds is 6. The van der Waals surface area contributed by atoms with Gasteiger partial charge in [-0.2, -0.15) is 0 Å². The van der Waals surface area contributed by atoms with E-state index < -0.39 is 17.7 Å². The molecule has 2 heterocycles. The van der Waals surface area contributed by atoms with Crippen molar-refractivity contribution in [3.05, 3.63) is 107 Å². The maximum atomic E-state index is 13.3. The van der Waals surface area contributed by atoms with Crippen LogP contribution >= 0.6 is 22.9 Å². The number of hydrogen-bond acceptors (Lipinski definition) is 6. The summed E-state index contributed by atoms with van der Waals surface area (Å²) in [5.41, 5.74) is 1.73. The minimum Gasteiger partial charge on any atom is -0.507 e. The smallest absolute Gasteiger partial charge is 0.301 e. The quantitative estimate of drug-likeness (QED) is 0.148. The Kier molecular flexibility index (Phi) is 6.11. The summed E-state index contributed by atoms with van der Waals surface area (Å²) in [5, 5.41) is 12.0. The van der Waals surface area contributed by atoms with E-state index in [0.717, 1.165) is 4.70 Å². The van der Waals surface area contributed by atoms with Gasteiger partial charge in [-0.1, -0.05) is 78.1 Å². The number of Topliss-reactive ketones (excluding diaryl/α,β-unsaturated/α-hetero) is 1. The SMILES string of the molecule is C=CCOc1ccc(C2C(=C(O)c3ccccc3)C(=O)C(=O)N2c2nc3ccc(Cl)cc3s2)cc1. The van der Waals surface area contributed by atoms with Crippen LogP contribution in [-0.4, -0.2) is 28.4 Å². The zero-order valence-corrected chi connectivity index (χ0v) is 19.9. The molecule has 1 aliphatic rings. The van der Waals surface area contributed by atoms with Crippen molar-refractivity contribution >= 4 is 55.7 Å². The molecule has 6 nitrogen and oxygen atoms in total. The Hall–Kier alpha value is -3.94. The zero-order chi connectivity index (χ0) is 24.5. The van der Waals surface area contributed by atoms with Crippen molar-refractivity contribution in [1.29, 1.82) is 0 Å². The number of thiazole rings is 1. The van der Waals surface area contributed by atoms with E-state index >= 15 is 0 Å². The van der Waals surface area contributed by atoms with Crippen LogP contribution in [0.1, 0.15) is 17.2 Å². The van der Waals surface area contributed by atoms with E-state index in [-0.39, 0.29) is 11.3 Å².